The molecule has 1 nitrogen and oxygen atoms in total. The molecule has 0 aliphatic heterocycles. The van der Waals surface area contributed by atoms with Gasteiger partial charge in [-0.25, -0.2) is 8.78 Å². The monoisotopic (exact) mass is 307 g/mol. The van der Waals surface area contributed by atoms with Crippen molar-refractivity contribution in [1.29, 1.82) is 0 Å². The summed E-state index contributed by atoms with van der Waals surface area (Å²) < 4.78 is 26.5. The largest absolute Gasteiger partial charge is 0.305 e. The fourth-order valence-electron chi connectivity index (χ4n) is 3.20. The van der Waals surface area contributed by atoms with Crippen molar-refractivity contribution in [2.75, 3.05) is 0 Å². The second-order valence-electron chi connectivity index (χ2n) is 5.70. The molecule has 0 saturated heterocycles. The van der Waals surface area contributed by atoms with Crippen molar-refractivity contribution < 1.29 is 8.78 Å². The third kappa shape index (κ3) is 3.69. The van der Waals surface area contributed by atoms with Crippen molar-refractivity contribution in [3.05, 3.63) is 57.8 Å². The maximum absolute atomic E-state index is 13.3. The lowest BCUT2D eigenvalue weighted by atomic mass is 9.96. The van der Waals surface area contributed by atoms with Crippen molar-refractivity contribution in [2.45, 2.75) is 38.3 Å². The molecule has 1 heterocycles. The Morgan fingerprint density at radius 3 is 2.48 bits per heavy atom. The predicted octanol–water partition coefficient (Wildman–Crippen LogP) is 5.05. The molecule has 21 heavy (non-hydrogen) atoms. The number of hydrogen-bond donors (Lipinski definition) is 1. The fourth-order valence-corrected chi connectivity index (χ4v) is 4.09. The van der Waals surface area contributed by atoms with Gasteiger partial charge in [-0.05, 0) is 47.9 Å². The van der Waals surface area contributed by atoms with E-state index in [0.717, 1.165) is 6.07 Å². The predicted molar refractivity (Wildman–Crippen MR) is 82.2 cm³/mol. The van der Waals surface area contributed by atoms with Crippen LogP contribution in [0.15, 0.2) is 35.7 Å². The number of benzene rings is 1. The van der Waals surface area contributed by atoms with Gasteiger partial charge in [0.25, 0.3) is 0 Å². The van der Waals surface area contributed by atoms with Crippen LogP contribution in [-0.4, -0.2) is 0 Å². The van der Waals surface area contributed by atoms with Crippen LogP contribution >= 0.6 is 11.3 Å². The maximum Gasteiger partial charge on any atom is 0.126 e. The molecule has 0 bridgehead atoms. The second-order valence-corrected chi connectivity index (χ2v) is 6.68. The van der Waals surface area contributed by atoms with Crippen molar-refractivity contribution in [1.82, 2.24) is 5.32 Å². The molecular formula is C17H19F2NS. The Balaban J connectivity index is 1.72. The third-order valence-electron chi connectivity index (χ3n) is 4.17. The lowest BCUT2D eigenvalue weighted by molar-refractivity contribution is 0.370. The first kappa shape index (κ1) is 14.7. The van der Waals surface area contributed by atoms with E-state index < -0.39 is 11.6 Å². The second kappa shape index (κ2) is 6.67. The van der Waals surface area contributed by atoms with Gasteiger partial charge in [0.15, 0.2) is 0 Å². The molecule has 1 unspecified atom stereocenters. The van der Waals surface area contributed by atoms with E-state index in [1.54, 1.807) is 11.3 Å². The third-order valence-corrected chi connectivity index (χ3v) is 5.12. The summed E-state index contributed by atoms with van der Waals surface area (Å²) in [5, 5.41) is 5.60. The van der Waals surface area contributed by atoms with E-state index in [4.69, 9.17) is 0 Å². The molecular weight excluding hydrogens is 288 g/mol. The zero-order valence-corrected chi connectivity index (χ0v) is 12.6. The minimum absolute atomic E-state index is 0.291. The fraction of sp³-hybridized carbons (Fsp3) is 0.412. The van der Waals surface area contributed by atoms with Crippen LogP contribution in [0, 0.1) is 17.6 Å². The number of nitrogens with one attached hydrogen (secondary N) is 1. The van der Waals surface area contributed by atoms with Crippen LogP contribution in [0.3, 0.4) is 0 Å². The van der Waals surface area contributed by atoms with E-state index in [9.17, 15) is 8.78 Å². The molecule has 4 heteroatoms. The first-order valence-electron chi connectivity index (χ1n) is 7.44. The summed E-state index contributed by atoms with van der Waals surface area (Å²) in [6, 6.07) is 8.21. The summed E-state index contributed by atoms with van der Waals surface area (Å²) in [4.78, 5) is 1.32. The van der Waals surface area contributed by atoms with Crippen LogP contribution in [-0.2, 0) is 6.54 Å². The molecule has 1 atom stereocenters. The summed E-state index contributed by atoms with van der Waals surface area (Å²) in [6.45, 7) is 0.494. The van der Waals surface area contributed by atoms with Crippen LogP contribution in [0.4, 0.5) is 8.78 Å². The first-order valence-corrected chi connectivity index (χ1v) is 8.32. The Hall–Kier alpha value is -1.26. The minimum atomic E-state index is -0.514. The van der Waals surface area contributed by atoms with Gasteiger partial charge in [-0.15, -0.1) is 11.3 Å². The summed E-state index contributed by atoms with van der Waals surface area (Å²) >= 11 is 1.75. The highest BCUT2D eigenvalue weighted by Crippen LogP contribution is 2.37. The van der Waals surface area contributed by atoms with Gasteiger partial charge in [0.1, 0.15) is 11.6 Å². The number of thiophene rings is 1. The number of halogens is 2. The van der Waals surface area contributed by atoms with Gasteiger partial charge in [0.05, 0.1) is 0 Å². The minimum Gasteiger partial charge on any atom is -0.305 e. The molecule has 1 saturated carbocycles. The van der Waals surface area contributed by atoms with Gasteiger partial charge in [-0.1, -0.05) is 18.9 Å². The van der Waals surface area contributed by atoms with Crippen molar-refractivity contribution >= 4 is 11.3 Å². The topological polar surface area (TPSA) is 12.0 Å². The summed E-state index contributed by atoms with van der Waals surface area (Å²) in [6.07, 6.45) is 5.02. The lowest BCUT2D eigenvalue weighted by Crippen LogP contribution is -2.26. The van der Waals surface area contributed by atoms with E-state index in [-0.39, 0.29) is 0 Å². The molecule has 1 aromatic heterocycles. The van der Waals surface area contributed by atoms with E-state index in [2.05, 4.69) is 22.8 Å². The maximum atomic E-state index is 13.3. The Kier molecular flexibility index (Phi) is 4.66. The Morgan fingerprint density at radius 2 is 1.86 bits per heavy atom. The molecule has 1 aromatic carbocycles. The van der Waals surface area contributed by atoms with E-state index >= 15 is 0 Å². The van der Waals surface area contributed by atoms with Crippen LogP contribution in [0.2, 0.25) is 0 Å². The Labute approximate surface area is 128 Å². The van der Waals surface area contributed by atoms with Gasteiger partial charge < -0.3 is 5.32 Å². The molecule has 0 amide bonds. The van der Waals surface area contributed by atoms with Crippen LogP contribution in [0.5, 0.6) is 0 Å². The van der Waals surface area contributed by atoms with Gasteiger partial charge in [0, 0.05) is 23.5 Å². The smallest absolute Gasteiger partial charge is 0.126 e. The highest BCUT2D eigenvalue weighted by Gasteiger charge is 2.26. The van der Waals surface area contributed by atoms with E-state index in [1.807, 2.05) is 0 Å². The average Bonchev–Trinajstić information content (AvgIpc) is 3.10. The van der Waals surface area contributed by atoms with Gasteiger partial charge >= 0.3 is 0 Å². The zero-order chi connectivity index (χ0) is 14.7. The Bertz CT molecular complexity index is 556. The SMILES string of the molecule is Fc1cc(F)cc(CNC(c2cccs2)C2CCCC2)c1. The van der Waals surface area contributed by atoms with Crippen molar-refractivity contribution in [3.8, 4) is 0 Å². The molecule has 1 N–H and O–H groups in total. The molecule has 0 spiro atoms. The highest BCUT2D eigenvalue weighted by molar-refractivity contribution is 7.10. The van der Waals surface area contributed by atoms with Crippen LogP contribution in [0.25, 0.3) is 0 Å². The molecule has 2 aromatic rings. The van der Waals surface area contributed by atoms with Gasteiger partial charge in [0.2, 0.25) is 0 Å². The summed E-state index contributed by atoms with van der Waals surface area (Å²) in [7, 11) is 0. The number of hydrogen-bond acceptors (Lipinski definition) is 2. The molecule has 3 rings (SSSR count). The van der Waals surface area contributed by atoms with E-state index in [1.165, 1.54) is 42.7 Å². The molecule has 112 valence electrons. The average molecular weight is 307 g/mol. The quantitative estimate of drug-likeness (QED) is 0.815. The van der Waals surface area contributed by atoms with Crippen molar-refractivity contribution in [2.24, 2.45) is 5.92 Å². The number of rotatable bonds is 5. The standard InChI is InChI=1S/C17H19F2NS/c18-14-8-12(9-15(19)10-14)11-20-17(13-4-1-2-5-13)16-6-3-7-21-16/h3,6-10,13,17,20H,1-2,4-5,11H2. The van der Waals surface area contributed by atoms with Gasteiger partial charge in [-0.2, -0.15) is 0 Å². The first-order chi connectivity index (χ1) is 10.2. The highest BCUT2D eigenvalue weighted by atomic mass is 32.1. The van der Waals surface area contributed by atoms with Crippen molar-refractivity contribution in [3.63, 3.8) is 0 Å². The Morgan fingerprint density at radius 1 is 1.14 bits per heavy atom. The van der Waals surface area contributed by atoms with Gasteiger partial charge in [-0.3, -0.25) is 0 Å². The molecule has 1 fully saturated rings. The molecule has 1 aliphatic rings. The van der Waals surface area contributed by atoms with E-state index in [0.29, 0.717) is 24.1 Å². The lowest BCUT2D eigenvalue weighted by Gasteiger charge is -2.24. The molecule has 1 aliphatic carbocycles. The van der Waals surface area contributed by atoms with Crippen LogP contribution in [0.1, 0.15) is 42.2 Å². The molecule has 0 radical (unpaired) electrons. The van der Waals surface area contributed by atoms with Crippen LogP contribution < -0.4 is 5.32 Å². The zero-order valence-electron chi connectivity index (χ0n) is 11.8. The summed E-state index contributed by atoms with van der Waals surface area (Å²) in [5.74, 6) is -0.400. The normalized spacial score (nSPS) is 17.2. The summed E-state index contributed by atoms with van der Waals surface area (Å²) in [5.41, 5.74) is 0.659.